The zero-order valence-electron chi connectivity index (χ0n) is 17.3. The molecule has 3 atom stereocenters. The maximum absolute atomic E-state index is 12.9. The van der Waals surface area contributed by atoms with Gasteiger partial charge in [0.15, 0.2) is 5.60 Å². The fourth-order valence-electron chi connectivity index (χ4n) is 4.06. The molecule has 1 fully saturated rings. The second kappa shape index (κ2) is 10.4. The number of esters is 1. The molecule has 154 valence electrons. The van der Waals surface area contributed by atoms with Crippen LogP contribution in [0.25, 0.3) is 0 Å². The van der Waals surface area contributed by atoms with Gasteiger partial charge in [0.2, 0.25) is 0 Å². The minimum atomic E-state index is -1.56. The van der Waals surface area contributed by atoms with Gasteiger partial charge >= 0.3 is 5.97 Å². The predicted molar refractivity (Wildman–Crippen MR) is 117 cm³/mol. The van der Waals surface area contributed by atoms with E-state index in [2.05, 4.69) is 24.3 Å². The molecule has 0 heterocycles. The van der Waals surface area contributed by atoms with Crippen molar-refractivity contribution in [1.29, 1.82) is 0 Å². The van der Waals surface area contributed by atoms with Gasteiger partial charge in [-0.2, -0.15) is 0 Å². The highest BCUT2D eigenvalue weighted by Gasteiger charge is 2.37. The van der Waals surface area contributed by atoms with Crippen LogP contribution in [-0.4, -0.2) is 22.8 Å². The van der Waals surface area contributed by atoms with E-state index < -0.39 is 11.6 Å². The molecule has 29 heavy (non-hydrogen) atoms. The van der Waals surface area contributed by atoms with E-state index in [4.69, 9.17) is 4.74 Å². The molecule has 3 nitrogen and oxygen atoms in total. The first-order chi connectivity index (χ1) is 14.1. The van der Waals surface area contributed by atoms with Crippen molar-refractivity contribution < 1.29 is 14.6 Å². The molecule has 2 aromatic carbocycles. The molecule has 3 heteroatoms. The molecule has 0 spiro atoms. The van der Waals surface area contributed by atoms with Crippen molar-refractivity contribution in [1.82, 2.24) is 0 Å². The highest BCUT2D eigenvalue weighted by atomic mass is 16.6. The lowest BCUT2D eigenvalue weighted by atomic mass is 9.81. The van der Waals surface area contributed by atoms with Crippen LogP contribution in [0.4, 0.5) is 0 Å². The number of aliphatic hydroxyl groups is 1. The SMILES string of the molecule is CC[C@@](O)(C=CCCc1ccccc1)C(=O)O[C@@H]1CCCC[C@H]1c1ccccc1. The van der Waals surface area contributed by atoms with Crippen molar-refractivity contribution in [2.24, 2.45) is 0 Å². The number of hydrogen-bond donors (Lipinski definition) is 1. The summed E-state index contributed by atoms with van der Waals surface area (Å²) in [7, 11) is 0. The summed E-state index contributed by atoms with van der Waals surface area (Å²) in [6.07, 6.45) is 9.36. The first-order valence-electron chi connectivity index (χ1n) is 10.8. The molecule has 1 aliphatic rings. The standard InChI is InChI=1S/C26H32O3/c1-2-26(28,20-12-11-15-21-13-5-3-6-14-21)25(27)29-24-19-10-9-18-23(24)22-16-7-4-8-17-22/h3-8,12-14,16-17,20,23-24,28H,2,9-11,15,18-19H2,1H3/t23-,24+,26+/m0/s1. The van der Waals surface area contributed by atoms with E-state index in [1.165, 1.54) is 11.1 Å². The van der Waals surface area contributed by atoms with Crippen LogP contribution >= 0.6 is 0 Å². The summed E-state index contributed by atoms with van der Waals surface area (Å²) < 4.78 is 5.89. The van der Waals surface area contributed by atoms with Crippen molar-refractivity contribution in [3.63, 3.8) is 0 Å². The van der Waals surface area contributed by atoms with Crippen molar-refractivity contribution >= 4 is 5.97 Å². The second-order valence-electron chi connectivity index (χ2n) is 7.95. The van der Waals surface area contributed by atoms with Crippen LogP contribution in [0.1, 0.15) is 62.5 Å². The predicted octanol–water partition coefficient (Wildman–Crippen LogP) is 5.59. The molecule has 0 aromatic heterocycles. The molecule has 3 rings (SSSR count). The Hall–Kier alpha value is -2.39. The Balaban J connectivity index is 1.62. The van der Waals surface area contributed by atoms with E-state index >= 15 is 0 Å². The van der Waals surface area contributed by atoms with Gasteiger partial charge in [0.25, 0.3) is 0 Å². The highest BCUT2D eigenvalue weighted by Crippen LogP contribution is 2.36. The normalized spacial score (nSPS) is 21.6. The molecule has 1 aliphatic carbocycles. The van der Waals surface area contributed by atoms with E-state index in [9.17, 15) is 9.90 Å². The summed E-state index contributed by atoms with van der Waals surface area (Å²) in [5, 5.41) is 10.9. The van der Waals surface area contributed by atoms with E-state index in [0.29, 0.717) is 6.42 Å². The molecule has 0 aliphatic heterocycles. The Kier molecular flexibility index (Phi) is 7.65. The van der Waals surface area contributed by atoms with Crippen LogP contribution in [0.3, 0.4) is 0 Å². The summed E-state index contributed by atoms with van der Waals surface area (Å²) in [5.74, 6) is -0.319. The first kappa shape index (κ1) is 21.3. The Morgan fingerprint density at radius 3 is 2.41 bits per heavy atom. The quantitative estimate of drug-likeness (QED) is 0.471. The molecule has 1 saturated carbocycles. The average Bonchev–Trinajstić information content (AvgIpc) is 2.78. The van der Waals surface area contributed by atoms with Gasteiger partial charge < -0.3 is 9.84 Å². The van der Waals surface area contributed by atoms with Gasteiger partial charge in [0.1, 0.15) is 6.10 Å². The van der Waals surface area contributed by atoms with Crippen LogP contribution < -0.4 is 0 Å². The number of hydrogen-bond acceptors (Lipinski definition) is 3. The monoisotopic (exact) mass is 392 g/mol. The van der Waals surface area contributed by atoms with E-state index in [-0.39, 0.29) is 12.0 Å². The minimum Gasteiger partial charge on any atom is -0.459 e. The number of allylic oxidation sites excluding steroid dienone is 1. The number of carbonyl (C=O) groups excluding carboxylic acids is 1. The van der Waals surface area contributed by atoms with Gasteiger partial charge in [0.05, 0.1) is 0 Å². The molecule has 1 N–H and O–H groups in total. The Morgan fingerprint density at radius 2 is 1.72 bits per heavy atom. The highest BCUT2D eigenvalue weighted by molar-refractivity contribution is 5.81. The summed E-state index contributed by atoms with van der Waals surface area (Å²) in [5.41, 5.74) is 0.895. The Bertz CT molecular complexity index is 784. The van der Waals surface area contributed by atoms with Crippen molar-refractivity contribution in [3.8, 4) is 0 Å². The second-order valence-corrected chi connectivity index (χ2v) is 7.95. The number of carbonyl (C=O) groups is 1. The fraction of sp³-hybridized carbons (Fsp3) is 0.423. The van der Waals surface area contributed by atoms with Gasteiger partial charge in [-0.3, -0.25) is 0 Å². The van der Waals surface area contributed by atoms with Gasteiger partial charge in [-0.1, -0.05) is 80.1 Å². The molecular formula is C26H32O3. The molecular weight excluding hydrogens is 360 g/mol. The topological polar surface area (TPSA) is 46.5 Å². The molecule has 0 radical (unpaired) electrons. The smallest absolute Gasteiger partial charge is 0.342 e. The largest absolute Gasteiger partial charge is 0.459 e. The lowest BCUT2D eigenvalue weighted by molar-refractivity contribution is -0.169. The molecule has 2 aromatic rings. The van der Waals surface area contributed by atoms with E-state index in [0.717, 1.165) is 38.5 Å². The zero-order valence-corrected chi connectivity index (χ0v) is 17.3. The van der Waals surface area contributed by atoms with Crippen LogP contribution in [0.2, 0.25) is 0 Å². The molecule has 0 amide bonds. The third-order valence-corrected chi connectivity index (χ3v) is 5.92. The molecule has 0 unspecified atom stereocenters. The van der Waals surface area contributed by atoms with Gasteiger partial charge in [-0.15, -0.1) is 0 Å². The summed E-state index contributed by atoms with van der Waals surface area (Å²) >= 11 is 0. The fourth-order valence-corrected chi connectivity index (χ4v) is 4.06. The average molecular weight is 393 g/mol. The Labute approximate surface area is 174 Å². The minimum absolute atomic E-state index is 0.172. The third kappa shape index (κ3) is 5.80. The van der Waals surface area contributed by atoms with E-state index in [1.807, 2.05) is 49.4 Å². The maximum Gasteiger partial charge on any atom is 0.342 e. The lowest BCUT2D eigenvalue weighted by Crippen LogP contribution is -2.41. The van der Waals surface area contributed by atoms with Gasteiger partial charge in [0, 0.05) is 5.92 Å². The van der Waals surface area contributed by atoms with Crippen molar-refractivity contribution in [2.75, 3.05) is 0 Å². The van der Waals surface area contributed by atoms with Gasteiger partial charge in [-0.05, 0) is 55.7 Å². The number of ether oxygens (including phenoxy) is 1. The van der Waals surface area contributed by atoms with E-state index in [1.54, 1.807) is 6.08 Å². The maximum atomic E-state index is 12.9. The third-order valence-electron chi connectivity index (χ3n) is 5.92. The van der Waals surface area contributed by atoms with Gasteiger partial charge in [-0.25, -0.2) is 4.79 Å². The van der Waals surface area contributed by atoms with Crippen molar-refractivity contribution in [3.05, 3.63) is 83.9 Å². The first-order valence-corrected chi connectivity index (χ1v) is 10.8. The van der Waals surface area contributed by atoms with Crippen LogP contribution in [-0.2, 0) is 16.0 Å². The summed E-state index contributed by atoms with van der Waals surface area (Å²) in [6, 6.07) is 20.5. The number of aryl methyl sites for hydroxylation is 1. The number of benzene rings is 2. The summed E-state index contributed by atoms with van der Waals surface area (Å²) in [4.78, 5) is 12.9. The lowest BCUT2D eigenvalue weighted by Gasteiger charge is -2.33. The Morgan fingerprint density at radius 1 is 1.07 bits per heavy atom. The van der Waals surface area contributed by atoms with Crippen LogP contribution in [0.5, 0.6) is 0 Å². The molecule has 0 bridgehead atoms. The number of rotatable bonds is 8. The summed E-state index contributed by atoms with van der Waals surface area (Å²) in [6.45, 7) is 1.82. The van der Waals surface area contributed by atoms with Crippen molar-refractivity contribution in [2.45, 2.75) is 69.5 Å². The molecule has 0 saturated heterocycles. The zero-order chi connectivity index (χ0) is 20.5. The van der Waals surface area contributed by atoms with Crippen LogP contribution in [0, 0.1) is 0 Å². The van der Waals surface area contributed by atoms with Crippen LogP contribution in [0.15, 0.2) is 72.8 Å².